The van der Waals surface area contributed by atoms with Crippen molar-refractivity contribution < 1.29 is 0 Å². The first-order valence-corrected chi connectivity index (χ1v) is 10.9. The van der Waals surface area contributed by atoms with Gasteiger partial charge in [0, 0.05) is 28.1 Å². The second-order valence-corrected chi connectivity index (χ2v) is 8.20. The summed E-state index contributed by atoms with van der Waals surface area (Å²) in [6.07, 6.45) is 1.76. The topological polar surface area (TPSA) is 56.0 Å². The summed E-state index contributed by atoms with van der Waals surface area (Å²) >= 11 is 1.59. The van der Waals surface area contributed by atoms with Crippen LogP contribution in [0.5, 0.6) is 0 Å². The summed E-state index contributed by atoms with van der Waals surface area (Å²) in [7, 11) is 0. The van der Waals surface area contributed by atoms with Crippen molar-refractivity contribution >= 4 is 27.3 Å². The molecule has 0 amide bonds. The first-order chi connectivity index (χ1) is 15.3. The quantitative estimate of drug-likeness (QED) is 0.351. The largest absolute Gasteiger partial charge is 0.237 e. The fourth-order valence-corrected chi connectivity index (χ4v) is 4.61. The van der Waals surface area contributed by atoms with Crippen molar-refractivity contribution in [1.82, 2.24) is 24.6 Å². The van der Waals surface area contributed by atoms with Gasteiger partial charge in [-0.3, -0.25) is 0 Å². The van der Waals surface area contributed by atoms with Gasteiger partial charge < -0.3 is 0 Å². The number of thiazole rings is 1. The van der Waals surface area contributed by atoms with Crippen molar-refractivity contribution in [2.24, 2.45) is 0 Å². The average molecular weight is 420 g/mol. The molecule has 148 valence electrons. The molecule has 0 bridgehead atoms. The summed E-state index contributed by atoms with van der Waals surface area (Å²) < 4.78 is 1.92. The third kappa shape index (κ3) is 3.08. The zero-order valence-electron chi connectivity index (χ0n) is 16.7. The molecule has 0 unspecified atom stereocenters. The summed E-state index contributed by atoms with van der Waals surface area (Å²) in [5.74, 6) is 0.685. The lowest BCUT2D eigenvalue weighted by Gasteiger charge is -2.04. The van der Waals surface area contributed by atoms with E-state index in [1.54, 1.807) is 17.5 Å². The van der Waals surface area contributed by atoms with E-state index in [1.807, 2.05) is 29.6 Å². The van der Waals surface area contributed by atoms with E-state index in [0.717, 1.165) is 38.5 Å². The smallest absolute Gasteiger partial charge is 0.213 e. The lowest BCUT2D eigenvalue weighted by molar-refractivity contribution is 0.987. The van der Waals surface area contributed by atoms with Crippen LogP contribution < -0.4 is 0 Å². The van der Waals surface area contributed by atoms with Crippen LogP contribution in [0.4, 0.5) is 0 Å². The van der Waals surface area contributed by atoms with Crippen LogP contribution in [0, 0.1) is 6.92 Å². The molecule has 0 saturated heterocycles. The monoisotopic (exact) mass is 419 g/mol. The highest BCUT2D eigenvalue weighted by atomic mass is 32.1. The Morgan fingerprint density at radius 3 is 2.42 bits per heavy atom. The minimum Gasteiger partial charge on any atom is -0.237 e. The number of hydrogen-bond acceptors (Lipinski definition) is 5. The van der Waals surface area contributed by atoms with Crippen LogP contribution in [0.25, 0.3) is 49.8 Å². The van der Waals surface area contributed by atoms with Crippen molar-refractivity contribution in [3.05, 3.63) is 90.1 Å². The maximum absolute atomic E-state index is 4.82. The minimum atomic E-state index is 0.685. The molecule has 0 N–H and O–H groups in total. The van der Waals surface area contributed by atoms with Gasteiger partial charge in [0.05, 0.1) is 11.4 Å². The van der Waals surface area contributed by atoms with Crippen LogP contribution in [0.2, 0.25) is 0 Å². The average Bonchev–Trinajstić information content (AvgIpc) is 3.40. The molecule has 0 spiro atoms. The third-order valence-corrected chi connectivity index (χ3v) is 6.21. The molecule has 0 aliphatic heterocycles. The summed E-state index contributed by atoms with van der Waals surface area (Å²) in [5, 5.41) is 7.91. The maximum Gasteiger partial charge on any atom is 0.213 e. The fourth-order valence-electron chi connectivity index (χ4n) is 3.78. The van der Waals surface area contributed by atoms with Crippen molar-refractivity contribution in [2.75, 3.05) is 0 Å². The van der Waals surface area contributed by atoms with E-state index in [9.17, 15) is 0 Å². The molecular formula is C25H17N5S. The molecular weight excluding hydrogens is 402 g/mol. The number of benzene rings is 2. The highest BCUT2D eigenvalue weighted by Crippen LogP contribution is 2.30. The second kappa shape index (κ2) is 7.11. The Labute approximate surface area is 182 Å². The summed E-state index contributed by atoms with van der Waals surface area (Å²) in [5.41, 5.74) is 7.10. The van der Waals surface area contributed by atoms with Crippen molar-refractivity contribution in [2.45, 2.75) is 6.92 Å². The SMILES string of the molecule is Cc1nc2ncccc2cc1-c1nc2scc(-c3ccc(-c4ccccc4)cc3)n2n1. The van der Waals surface area contributed by atoms with Crippen LogP contribution in [0.15, 0.2) is 84.4 Å². The van der Waals surface area contributed by atoms with E-state index >= 15 is 0 Å². The molecule has 0 aliphatic rings. The van der Waals surface area contributed by atoms with Crippen LogP contribution in [-0.2, 0) is 0 Å². The Hall–Kier alpha value is -3.90. The molecule has 0 fully saturated rings. The molecule has 4 heterocycles. The van der Waals surface area contributed by atoms with Gasteiger partial charge in [-0.1, -0.05) is 54.6 Å². The summed E-state index contributed by atoms with van der Waals surface area (Å²) in [6, 6.07) is 25.0. The highest BCUT2D eigenvalue weighted by molar-refractivity contribution is 7.15. The fraction of sp³-hybridized carbons (Fsp3) is 0.0400. The third-order valence-electron chi connectivity index (χ3n) is 5.39. The van der Waals surface area contributed by atoms with E-state index in [1.165, 1.54) is 11.1 Å². The number of hydrogen-bond donors (Lipinski definition) is 0. The van der Waals surface area contributed by atoms with Gasteiger partial charge in [-0.05, 0) is 36.2 Å². The Morgan fingerprint density at radius 1 is 0.806 bits per heavy atom. The second-order valence-electron chi connectivity index (χ2n) is 7.37. The molecule has 31 heavy (non-hydrogen) atoms. The molecule has 6 heteroatoms. The lowest BCUT2D eigenvalue weighted by Crippen LogP contribution is -1.94. The van der Waals surface area contributed by atoms with Crippen LogP contribution >= 0.6 is 11.3 Å². The Balaban J connectivity index is 1.41. The van der Waals surface area contributed by atoms with E-state index in [-0.39, 0.29) is 0 Å². The number of pyridine rings is 2. The maximum atomic E-state index is 4.82. The molecule has 6 rings (SSSR count). The lowest BCUT2D eigenvalue weighted by atomic mass is 10.0. The molecule has 4 aromatic heterocycles. The zero-order chi connectivity index (χ0) is 20.8. The molecule has 0 aliphatic carbocycles. The van der Waals surface area contributed by atoms with E-state index in [0.29, 0.717) is 5.82 Å². The van der Waals surface area contributed by atoms with Gasteiger partial charge >= 0.3 is 0 Å². The predicted octanol–water partition coefficient (Wildman–Crippen LogP) is 6.04. The first kappa shape index (κ1) is 17.9. The standard InChI is InChI=1S/C25H17N5S/c1-16-21(14-20-8-5-13-26-23(20)27-16)24-28-25-30(29-24)22(15-31-25)19-11-9-18(10-12-19)17-6-3-2-4-7-17/h2-15H,1H3. The van der Waals surface area contributed by atoms with E-state index in [2.05, 4.69) is 69.9 Å². The van der Waals surface area contributed by atoms with Crippen molar-refractivity contribution in [3.8, 4) is 33.8 Å². The molecule has 0 atom stereocenters. The first-order valence-electron chi connectivity index (χ1n) is 9.99. The Kier molecular flexibility index (Phi) is 4.11. The Bertz CT molecular complexity index is 1530. The number of fused-ring (bicyclic) bond motifs is 2. The minimum absolute atomic E-state index is 0.685. The zero-order valence-corrected chi connectivity index (χ0v) is 17.5. The van der Waals surface area contributed by atoms with Gasteiger partial charge in [0.2, 0.25) is 4.96 Å². The number of aryl methyl sites for hydroxylation is 1. The molecule has 5 nitrogen and oxygen atoms in total. The summed E-state index contributed by atoms with van der Waals surface area (Å²) in [4.78, 5) is 14.6. The van der Waals surface area contributed by atoms with E-state index < -0.39 is 0 Å². The highest BCUT2D eigenvalue weighted by Gasteiger charge is 2.16. The van der Waals surface area contributed by atoms with Gasteiger partial charge in [0.15, 0.2) is 11.5 Å². The Morgan fingerprint density at radius 2 is 1.58 bits per heavy atom. The summed E-state index contributed by atoms with van der Waals surface area (Å²) in [6.45, 7) is 1.97. The number of aromatic nitrogens is 5. The molecule has 0 radical (unpaired) electrons. The normalized spacial score (nSPS) is 11.4. The van der Waals surface area contributed by atoms with Gasteiger partial charge in [-0.15, -0.1) is 16.4 Å². The van der Waals surface area contributed by atoms with Crippen LogP contribution in [0.1, 0.15) is 5.69 Å². The van der Waals surface area contributed by atoms with Gasteiger partial charge in [0.1, 0.15) is 0 Å². The predicted molar refractivity (Wildman–Crippen MR) is 125 cm³/mol. The molecule has 2 aromatic carbocycles. The number of nitrogens with zero attached hydrogens (tertiary/aromatic N) is 5. The van der Waals surface area contributed by atoms with Gasteiger partial charge in [0.25, 0.3) is 0 Å². The molecule has 6 aromatic rings. The van der Waals surface area contributed by atoms with Gasteiger partial charge in [-0.25, -0.2) is 14.5 Å². The number of rotatable bonds is 3. The van der Waals surface area contributed by atoms with Crippen molar-refractivity contribution in [3.63, 3.8) is 0 Å². The van der Waals surface area contributed by atoms with Gasteiger partial charge in [-0.2, -0.15) is 4.98 Å². The van der Waals surface area contributed by atoms with Crippen molar-refractivity contribution in [1.29, 1.82) is 0 Å². The molecule has 0 saturated carbocycles. The van der Waals surface area contributed by atoms with Crippen LogP contribution in [0.3, 0.4) is 0 Å². The van der Waals surface area contributed by atoms with Crippen LogP contribution in [-0.4, -0.2) is 24.6 Å². The van der Waals surface area contributed by atoms with E-state index in [4.69, 9.17) is 10.1 Å².